The second-order valence-electron chi connectivity index (χ2n) is 17.2. The Balaban J connectivity index is 1.32. The van der Waals surface area contributed by atoms with Gasteiger partial charge in [-0.2, -0.15) is 4.98 Å². The average molecular weight is 931 g/mol. The van der Waals surface area contributed by atoms with E-state index in [-0.39, 0.29) is 0 Å². The molecule has 0 aliphatic rings. The summed E-state index contributed by atoms with van der Waals surface area (Å²) < 4.78 is 0. The SMILES string of the molecule is Cc1nc(N(c2ccccc2)c2ccccc2)c2c(n1)c1c(C)nc(N(c3ccccc3)c3ccccc3)nc1c1c(N(c3ccccc3)c3ccccc3)nc(N(c3ccccc3)c3ccccc3)nc21. The Morgan fingerprint density at radius 1 is 0.236 bits per heavy atom. The van der Waals surface area contributed by atoms with Gasteiger partial charge in [0.25, 0.3) is 0 Å². The molecule has 12 rings (SSSR count). The van der Waals surface area contributed by atoms with Crippen molar-refractivity contribution in [3.63, 3.8) is 0 Å². The first-order chi connectivity index (χ1) is 35.6. The van der Waals surface area contributed by atoms with Gasteiger partial charge in [-0.1, -0.05) is 146 Å². The molecule has 10 heteroatoms. The number of aryl methyl sites for hydroxylation is 2. The Hall–Kier alpha value is -9.80. The van der Waals surface area contributed by atoms with Crippen LogP contribution in [0.5, 0.6) is 0 Å². The number of anilines is 12. The number of nitrogens with zero attached hydrogens (tertiary/aromatic N) is 10. The number of benzene rings is 9. The first kappa shape index (κ1) is 43.5. The van der Waals surface area contributed by atoms with E-state index in [0.29, 0.717) is 56.7 Å². The third-order valence-electron chi connectivity index (χ3n) is 12.6. The topological polar surface area (TPSA) is 90.3 Å². The molecule has 0 fully saturated rings. The van der Waals surface area contributed by atoms with Crippen molar-refractivity contribution in [2.75, 3.05) is 19.6 Å². The molecule has 0 N–H and O–H groups in total. The maximum Gasteiger partial charge on any atom is 0.237 e. The minimum Gasteiger partial charge on any atom is -0.294 e. The normalized spacial score (nSPS) is 11.2. The van der Waals surface area contributed by atoms with Gasteiger partial charge >= 0.3 is 0 Å². The molecule has 344 valence electrons. The average Bonchev–Trinajstić information content (AvgIpc) is 3.44. The van der Waals surface area contributed by atoms with Crippen LogP contribution >= 0.6 is 0 Å². The molecule has 3 heterocycles. The van der Waals surface area contributed by atoms with E-state index in [0.717, 1.165) is 56.6 Å². The molecule has 0 bridgehead atoms. The lowest BCUT2D eigenvalue weighted by atomic mass is 10.0. The lowest BCUT2D eigenvalue weighted by Gasteiger charge is -2.30. The maximum atomic E-state index is 5.83. The fourth-order valence-electron chi connectivity index (χ4n) is 9.50. The zero-order valence-corrected chi connectivity index (χ0v) is 39.6. The molecule has 0 radical (unpaired) electrons. The van der Waals surface area contributed by atoms with Gasteiger partial charge in [0.2, 0.25) is 11.9 Å². The lowest BCUT2D eigenvalue weighted by Crippen LogP contribution is -2.19. The van der Waals surface area contributed by atoms with Gasteiger partial charge in [0.15, 0.2) is 11.6 Å². The zero-order chi connectivity index (χ0) is 48.4. The molecule has 0 unspecified atom stereocenters. The summed E-state index contributed by atoms with van der Waals surface area (Å²) >= 11 is 0. The van der Waals surface area contributed by atoms with Crippen LogP contribution in [0.4, 0.5) is 69.0 Å². The van der Waals surface area contributed by atoms with E-state index in [9.17, 15) is 0 Å². The Kier molecular flexibility index (Phi) is 11.4. The molecule has 10 nitrogen and oxygen atoms in total. The molecule has 0 saturated heterocycles. The Morgan fingerprint density at radius 3 is 0.806 bits per heavy atom. The van der Waals surface area contributed by atoms with E-state index in [1.54, 1.807) is 0 Å². The van der Waals surface area contributed by atoms with Crippen LogP contribution in [0.15, 0.2) is 243 Å². The van der Waals surface area contributed by atoms with E-state index >= 15 is 0 Å². The van der Waals surface area contributed by atoms with Gasteiger partial charge in [0.1, 0.15) is 5.82 Å². The molecule has 0 saturated carbocycles. The van der Waals surface area contributed by atoms with E-state index in [1.165, 1.54) is 0 Å². The number of hydrogen-bond donors (Lipinski definition) is 0. The van der Waals surface area contributed by atoms with Crippen LogP contribution in [0.3, 0.4) is 0 Å². The molecule has 0 spiro atoms. The molecule has 72 heavy (non-hydrogen) atoms. The van der Waals surface area contributed by atoms with Gasteiger partial charge in [-0.15, -0.1) is 0 Å². The van der Waals surface area contributed by atoms with Crippen LogP contribution < -0.4 is 19.6 Å². The van der Waals surface area contributed by atoms with Crippen molar-refractivity contribution in [1.82, 2.24) is 29.9 Å². The number of para-hydroxylation sites is 8. The first-order valence-corrected chi connectivity index (χ1v) is 23.9. The quantitative estimate of drug-likeness (QED) is 0.110. The van der Waals surface area contributed by atoms with Crippen molar-refractivity contribution in [2.24, 2.45) is 0 Å². The Bertz CT molecular complexity index is 3660. The summed E-state index contributed by atoms with van der Waals surface area (Å²) in [5.41, 5.74) is 9.84. The molecule has 9 aromatic carbocycles. The van der Waals surface area contributed by atoms with Crippen molar-refractivity contribution in [3.05, 3.63) is 254 Å². The summed E-state index contributed by atoms with van der Waals surface area (Å²) in [7, 11) is 0. The molecule has 12 aromatic rings. The standard InChI is InChI=1S/C62H46N10/c1-43-53-56-54(59(65-44(2)64-56)69(45-27-11-3-12-28-45)46-29-13-4-14-30-46)58-55(57(53)66-61(63-43)71(49-35-19-7-20-36-49)50-37-21-8-22-38-50)60(70(47-31-15-5-16-32-47)48-33-17-6-18-34-48)68-62(67-58)72(51-39-23-9-24-40-51)52-41-25-10-26-42-52/h3-42H,1-2H3. The number of rotatable bonds is 12. The van der Waals surface area contributed by atoms with Crippen LogP contribution in [0, 0.1) is 13.8 Å². The van der Waals surface area contributed by atoms with Gasteiger partial charge in [-0.05, 0) is 111 Å². The molecule has 0 aliphatic carbocycles. The second-order valence-corrected chi connectivity index (χ2v) is 17.2. The summed E-state index contributed by atoms with van der Waals surface area (Å²) in [6, 6.07) is 82.4. The van der Waals surface area contributed by atoms with Crippen molar-refractivity contribution in [3.8, 4) is 0 Å². The summed E-state index contributed by atoms with van der Waals surface area (Å²) in [5, 5.41) is 2.17. The fourth-order valence-corrected chi connectivity index (χ4v) is 9.50. The van der Waals surface area contributed by atoms with Crippen LogP contribution in [0.1, 0.15) is 11.5 Å². The monoisotopic (exact) mass is 930 g/mol. The van der Waals surface area contributed by atoms with Crippen molar-refractivity contribution in [1.29, 1.82) is 0 Å². The van der Waals surface area contributed by atoms with Gasteiger partial charge in [-0.3, -0.25) is 19.6 Å². The largest absolute Gasteiger partial charge is 0.294 e. The first-order valence-electron chi connectivity index (χ1n) is 23.9. The van der Waals surface area contributed by atoms with Crippen LogP contribution in [0.25, 0.3) is 32.7 Å². The molecule has 0 atom stereocenters. The predicted octanol–water partition coefficient (Wildman–Crippen LogP) is 16.0. The van der Waals surface area contributed by atoms with Crippen molar-refractivity contribution >= 4 is 102 Å². The van der Waals surface area contributed by atoms with Gasteiger partial charge in [-0.25, -0.2) is 24.9 Å². The molecule has 0 aliphatic heterocycles. The van der Waals surface area contributed by atoms with E-state index in [2.05, 4.69) is 141 Å². The number of fused-ring (bicyclic) bond motifs is 6. The highest BCUT2D eigenvalue weighted by Gasteiger charge is 2.31. The van der Waals surface area contributed by atoms with Gasteiger partial charge in [0.05, 0.1) is 33.0 Å². The molecule has 3 aromatic heterocycles. The van der Waals surface area contributed by atoms with E-state index in [4.69, 9.17) is 29.9 Å². The minimum absolute atomic E-state index is 0.436. The second kappa shape index (κ2) is 18.9. The summed E-state index contributed by atoms with van der Waals surface area (Å²) in [5.74, 6) is 2.74. The highest BCUT2D eigenvalue weighted by atomic mass is 15.3. The van der Waals surface area contributed by atoms with Crippen molar-refractivity contribution in [2.45, 2.75) is 13.8 Å². The van der Waals surface area contributed by atoms with Crippen LogP contribution in [0.2, 0.25) is 0 Å². The minimum atomic E-state index is 0.436. The molecular formula is C62H46N10. The predicted molar refractivity (Wildman–Crippen MR) is 294 cm³/mol. The van der Waals surface area contributed by atoms with Crippen LogP contribution in [-0.2, 0) is 0 Å². The smallest absolute Gasteiger partial charge is 0.237 e. The molecular weight excluding hydrogens is 885 g/mol. The van der Waals surface area contributed by atoms with Gasteiger partial charge < -0.3 is 0 Å². The van der Waals surface area contributed by atoms with Gasteiger partial charge in [0, 0.05) is 50.9 Å². The fraction of sp³-hybridized carbons (Fsp3) is 0.0323. The van der Waals surface area contributed by atoms with E-state index in [1.807, 2.05) is 135 Å². The maximum absolute atomic E-state index is 5.83. The third kappa shape index (κ3) is 8.02. The zero-order valence-electron chi connectivity index (χ0n) is 39.6. The third-order valence-corrected chi connectivity index (χ3v) is 12.6. The van der Waals surface area contributed by atoms with Crippen molar-refractivity contribution < 1.29 is 0 Å². The Morgan fingerprint density at radius 2 is 0.486 bits per heavy atom. The van der Waals surface area contributed by atoms with E-state index < -0.39 is 0 Å². The Labute approximate surface area is 417 Å². The lowest BCUT2D eigenvalue weighted by molar-refractivity contribution is 1.05. The summed E-state index contributed by atoms with van der Waals surface area (Å²) in [6.07, 6.45) is 0. The molecule has 0 amide bonds. The number of hydrogen-bond acceptors (Lipinski definition) is 10. The summed E-state index contributed by atoms with van der Waals surface area (Å²) in [4.78, 5) is 42.2. The number of aromatic nitrogens is 6. The summed E-state index contributed by atoms with van der Waals surface area (Å²) in [6.45, 7) is 3.99. The highest BCUT2D eigenvalue weighted by Crippen LogP contribution is 2.49. The highest BCUT2D eigenvalue weighted by molar-refractivity contribution is 6.28. The van der Waals surface area contributed by atoms with Crippen LogP contribution in [-0.4, -0.2) is 29.9 Å².